The van der Waals surface area contributed by atoms with E-state index in [1.807, 2.05) is 0 Å². The molecule has 20 heavy (non-hydrogen) atoms. The fourth-order valence-corrected chi connectivity index (χ4v) is 4.06. The highest BCUT2D eigenvalue weighted by Crippen LogP contribution is 1.86. The van der Waals surface area contributed by atoms with Crippen molar-refractivity contribution in [2.75, 3.05) is 0 Å². The van der Waals surface area contributed by atoms with Crippen LogP contribution >= 0.6 is 0 Å². The van der Waals surface area contributed by atoms with E-state index in [0.29, 0.717) is 0 Å². The highest BCUT2D eigenvalue weighted by atomic mass is 28.2. The summed E-state index contributed by atoms with van der Waals surface area (Å²) in [5.41, 5.74) is 0. The lowest BCUT2D eigenvalue weighted by Gasteiger charge is -2.03. The van der Waals surface area contributed by atoms with Crippen LogP contribution in [0.15, 0.2) is 84.9 Å². The van der Waals surface area contributed by atoms with Crippen molar-refractivity contribution in [1.82, 2.24) is 0 Å². The average Bonchev–Trinajstić information content (AvgIpc) is 2.51. The standard InChI is InChI=1S/C18H14Si2/c1-3-7-15(8-4-1)19-17-11-13-18(14-12-17)20-16-9-5-2-6-10-16/h1-14H. The van der Waals surface area contributed by atoms with Crippen LogP contribution in [-0.2, 0) is 0 Å². The van der Waals surface area contributed by atoms with Crippen molar-refractivity contribution in [1.29, 1.82) is 0 Å². The van der Waals surface area contributed by atoms with Crippen molar-refractivity contribution in [3.63, 3.8) is 0 Å². The lowest BCUT2D eigenvalue weighted by Crippen LogP contribution is -2.31. The zero-order valence-electron chi connectivity index (χ0n) is 11.1. The molecule has 0 bridgehead atoms. The Morgan fingerprint density at radius 3 is 1.00 bits per heavy atom. The first-order chi connectivity index (χ1) is 9.90. The number of benzene rings is 3. The molecule has 0 atom stereocenters. The van der Waals surface area contributed by atoms with Gasteiger partial charge in [-0.25, -0.2) is 0 Å². The monoisotopic (exact) mass is 286 g/mol. The summed E-state index contributed by atoms with van der Waals surface area (Å²) in [6.07, 6.45) is 0. The lowest BCUT2D eigenvalue weighted by atomic mass is 10.3. The highest BCUT2D eigenvalue weighted by molar-refractivity contribution is 6.69. The molecule has 0 nitrogen and oxygen atoms in total. The molecule has 0 aliphatic heterocycles. The zero-order chi connectivity index (χ0) is 13.6. The minimum absolute atomic E-state index is 0.744. The van der Waals surface area contributed by atoms with Crippen molar-refractivity contribution < 1.29 is 0 Å². The van der Waals surface area contributed by atoms with E-state index in [0.717, 1.165) is 19.0 Å². The van der Waals surface area contributed by atoms with E-state index in [9.17, 15) is 0 Å². The van der Waals surface area contributed by atoms with Gasteiger partial charge in [-0.05, 0) is 0 Å². The van der Waals surface area contributed by atoms with Gasteiger partial charge in [0, 0.05) is 0 Å². The summed E-state index contributed by atoms with van der Waals surface area (Å²) in [5, 5.41) is 5.59. The minimum Gasteiger partial charge on any atom is -0.0632 e. The van der Waals surface area contributed by atoms with Crippen LogP contribution < -0.4 is 20.7 Å². The minimum atomic E-state index is 0.744. The first-order valence-electron chi connectivity index (χ1n) is 6.64. The zero-order valence-corrected chi connectivity index (χ0v) is 13.1. The maximum absolute atomic E-state index is 2.26. The van der Waals surface area contributed by atoms with E-state index in [2.05, 4.69) is 84.9 Å². The fourth-order valence-electron chi connectivity index (χ4n) is 2.01. The van der Waals surface area contributed by atoms with Crippen LogP contribution in [0.1, 0.15) is 0 Å². The molecule has 0 aliphatic rings. The van der Waals surface area contributed by atoms with Gasteiger partial charge in [0.1, 0.15) is 19.0 Å². The average molecular weight is 286 g/mol. The Morgan fingerprint density at radius 2 is 0.650 bits per heavy atom. The summed E-state index contributed by atoms with van der Waals surface area (Å²) < 4.78 is 0. The molecule has 0 spiro atoms. The third-order valence-corrected chi connectivity index (χ3v) is 5.50. The van der Waals surface area contributed by atoms with E-state index in [1.54, 1.807) is 0 Å². The Morgan fingerprint density at radius 1 is 0.350 bits per heavy atom. The molecule has 4 radical (unpaired) electrons. The third-order valence-electron chi connectivity index (χ3n) is 3.01. The molecular formula is C18H14Si2. The number of rotatable bonds is 4. The lowest BCUT2D eigenvalue weighted by molar-refractivity contribution is 1.75. The number of hydrogen-bond donors (Lipinski definition) is 0. The van der Waals surface area contributed by atoms with Crippen LogP contribution in [0.2, 0.25) is 0 Å². The van der Waals surface area contributed by atoms with E-state index < -0.39 is 0 Å². The molecule has 0 unspecified atom stereocenters. The van der Waals surface area contributed by atoms with Crippen LogP contribution in [0, 0.1) is 0 Å². The van der Waals surface area contributed by atoms with Crippen molar-refractivity contribution in [3.05, 3.63) is 84.9 Å². The summed E-state index contributed by atoms with van der Waals surface area (Å²) in [6, 6.07) is 30.4. The molecule has 94 valence electrons. The van der Waals surface area contributed by atoms with Gasteiger partial charge in [-0.15, -0.1) is 0 Å². The molecule has 0 saturated carbocycles. The second-order valence-electron chi connectivity index (χ2n) is 4.56. The first kappa shape index (κ1) is 13.1. The molecule has 0 fully saturated rings. The molecule has 0 heterocycles. The Balaban J connectivity index is 1.69. The molecule has 0 N–H and O–H groups in total. The Bertz CT molecular complexity index is 586. The fraction of sp³-hybridized carbons (Fsp3) is 0. The SMILES string of the molecule is c1ccc([Si]c2ccc([Si]c3ccccc3)cc2)cc1. The molecule has 2 heteroatoms. The Hall–Kier alpha value is -1.91. The van der Waals surface area contributed by atoms with Crippen molar-refractivity contribution in [2.24, 2.45) is 0 Å². The van der Waals surface area contributed by atoms with Crippen molar-refractivity contribution in [2.45, 2.75) is 0 Å². The quantitative estimate of drug-likeness (QED) is 0.628. The normalized spacial score (nSPS) is 10.4. The molecule has 0 aliphatic carbocycles. The van der Waals surface area contributed by atoms with E-state index >= 15 is 0 Å². The molecular weight excluding hydrogens is 272 g/mol. The highest BCUT2D eigenvalue weighted by Gasteiger charge is 2.00. The van der Waals surface area contributed by atoms with Crippen LogP contribution in [-0.4, -0.2) is 19.0 Å². The van der Waals surface area contributed by atoms with E-state index in [1.165, 1.54) is 20.7 Å². The molecule has 3 rings (SSSR count). The van der Waals surface area contributed by atoms with Gasteiger partial charge in [0.05, 0.1) is 0 Å². The van der Waals surface area contributed by atoms with Crippen LogP contribution in [0.5, 0.6) is 0 Å². The van der Waals surface area contributed by atoms with Gasteiger partial charge in [-0.2, -0.15) is 0 Å². The van der Waals surface area contributed by atoms with Crippen LogP contribution in [0.25, 0.3) is 0 Å². The van der Waals surface area contributed by atoms with E-state index in [-0.39, 0.29) is 0 Å². The molecule has 3 aromatic rings. The topological polar surface area (TPSA) is 0 Å². The predicted octanol–water partition coefficient (Wildman–Crippen LogP) is 0.997. The Kier molecular flexibility index (Phi) is 4.26. The third kappa shape index (κ3) is 3.56. The molecule has 0 saturated heterocycles. The molecule has 3 aromatic carbocycles. The Labute approximate surface area is 125 Å². The van der Waals surface area contributed by atoms with E-state index in [4.69, 9.17) is 0 Å². The number of hydrogen-bond acceptors (Lipinski definition) is 0. The van der Waals surface area contributed by atoms with Gasteiger partial charge in [0.2, 0.25) is 0 Å². The summed E-state index contributed by atoms with van der Waals surface area (Å²) in [7, 11) is 1.49. The van der Waals surface area contributed by atoms with Gasteiger partial charge in [-0.3, -0.25) is 0 Å². The first-order valence-corrected chi connectivity index (χ1v) is 8.64. The van der Waals surface area contributed by atoms with Gasteiger partial charge in [0.25, 0.3) is 0 Å². The van der Waals surface area contributed by atoms with Crippen molar-refractivity contribution >= 4 is 39.8 Å². The smallest absolute Gasteiger partial charge is 0.0632 e. The predicted molar refractivity (Wildman–Crippen MR) is 89.4 cm³/mol. The van der Waals surface area contributed by atoms with Gasteiger partial charge < -0.3 is 0 Å². The maximum Gasteiger partial charge on any atom is 0.121 e. The van der Waals surface area contributed by atoms with Gasteiger partial charge in [0.15, 0.2) is 0 Å². The van der Waals surface area contributed by atoms with Crippen LogP contribution in [0.3, 0.4) is 0 Å². The van der Waals surface area contributed by atoms with Crippen molar-refractivity contribution in [3.8, 4) is 0 Å². The molecule has 0 aromatic heterocycles. The second kappa shape index (κ2) is 6.50. The van der Waals surface area contributed by atoms with Gasteiger partial charge >= 0.3 is 0 Å². The van der Waals surface area contributed by atoms with Gasteiger partial charge in [-0.1, -0.05) is 106 Å². The summed E-state index contributed by atoms with van der Waals surface area (Å²) in [6.45, 7) is 0. The maximum atomic E-state index is 2.26. The largest absolute Gasteiger partial charge is 0.121 e. The summed E-state index contributed by atoms with van der Waals surface area (Å²) in [4.78, 5) is 0. The second-order valence-corrected chi connectivity index (χ2v) is 7.37. The summed E-state index contributed by atoms with van der Waals surface area (Å²) in [5.74, 6) is 0. The molecule has 0 amide bonds. The summed E-state index contributed by atoms with van der Waals surface area (Å²) >= 11 is 0. The van der Waals surface area contributed by atoms with Crippen LogP contribution in [0.4, 0.5) is 0 Å².